The van der Waals surface area contributed by atoms with Gasteiger partial charge in [-0.15, -0.1) is 6.58 Å². The zero-order valence-electron chi connectivity index (χ0n) is 34.8. The van der Waals surface area contributed by atoms with E-state index in [-0.39, 0.29) is 38.0 Å². The van der Waals surface area contributed by atoms with Crippen molar-refractivity contribution in [1.82, 2.24) is 10.6 Å². The van der Waals surface area contributed by atoms with Crippen LogP contribution in [0.25, 0.3) is 0 Å². The maximum atomic E-state index is 14.8. The van der Waals surface area contributed by atoms with Gasteiger partial charge in [0, 0.05) is 37.1 Å². The summed E-state index contributed by atoms with van der Waals surface area (Å²) in [6.07, 6.45) is -5.21. The molecule has 1 aromatic carbocycles. The second-order valence-electron chi connectivity index (χ2n) is 18.0. The lowest BCUT2D eigenvalue weighted by Crippen LogP contribution is -2.82. The van der Waals surface area contributed by atoms with E-state index in [1.165, 1.54) is 6.92 Å². The minimum atomic E-state index is -1.83. The van der Waals surface area contributed by atoms with Crippen LogP contribution in [-0.4, -0.2) is 113 Å². The average Bonchev–Trinajstić information content (AvgIpc) is 3.11. The molecule has 1 heterocycles. The number of amides is 1. The molecule has 2 unspecified atom stereocenters. The molecular weight excluding hydrogens is 736 g/mol. The van der Waals surface area contributed by atoms with Gasteiger partial charge >= 0.3 is 18.0 Å². The molecule has 5 N–H and O–H groups in total. The van der Waals surface area contributed by atoms with Gasteiger partial charge in [0.25, 0.3) is 0 Å². The summed E-state index contributed by atoms with van der Waals surface area (Å²) in [5.41, 5.74) is -7.47. The van der Waals surface area contributed by atoms with E-state index in [2.05, 4.69) is 17.2 Å². The molecule has 3 aliphatic carbocycles. The number of hydrogen-bond acceptors (Lipinski definition) is 13. The highest BCUT2D eigenvalue weighted by Crippen LogP contribution is 2.69. The van der Waals surface area contributed by atoms with E-state index in [4.69, 9.17) is 23.7 Å². The predicted octanol–water partition coefficient (Wildman–Crippen LogP) is 4.00. The first-order valence-electron chi connectivity index (χ1n) is 19.8. The molecule has 57 heavy (non-hydrogen) atoms. The topological polar surface area (TPSA) is 199 Å². The van der Waals surface area contributed by atoms with E-state index in [1.807, 2.05) is 0 Å². The summed E-state index contributed by atoms with van der Waals surface area (Å²) < 4.78 is 30.0. The number of hydrogen-bond donors (Lipinski definition) is 5. The maximum absolute atomic E-state index is 14.8. The van der Waals surface area contributed by atoms with Gasteiger partial charge in [0.1, 0.15) is 23.9 Å². The summed E-state index contributed by atoms with van der Waals surface area (Å²) in [4.78, 5) is 55.4. The molecule has 5 rings (SSSR count). The molecule has 0 radical (unpaired) electrons. The van der Waals surface area contributed by atoms with Crippen LogP contribution in [0.1, 0.15) is 99.6 Å². The van der Waals surface area contributed by atoms with E-state index in [9.17, 15) is 34.5 Å². The minimum Gasteiger partial charge on any atom is -0.456 e. The number of alkyl carbamates (subject to hydrolysis) is 1. The number of carbonyl (C=O) groups is 4. The summed E-state index contributed by atoms with van der Waals surface area (Å²) in [6.45, 7) is 19.5. The molecule has 2 bridgehead atoms. The van der Waals surface area contributed by atoms with Crippen LogP contribution >= 0.6 is 0 Å². The SMILES string of the molecule is C=CCCNCCO[C@@H](C(=O)O[C@H]1CC2(O)CC3(C)[C@]4(OC(C)=O)CO[C@@H]4C[C@H](O)[C@@]3(C)C(=O)[C@H](O)C(=C1C)C2(C)C)[C@@H](NC(=O)OC(C)(C)C)c1ccccc1. The van der Waals surface area contributed by atoms with Crippen LogP contribution in [0.4, 0.5) is 4.79 Å². The highest BCUT2D eigenvalue weighted by atomic mass is 16.6. The van der Waals surface area contributed by atoms with E-state index in [0.717, 1.165) is 0 Å². The third kappa shape index (κ3) is 7.81. The van der Waals surface area contributed by atoms with Crippen LogP contribution < -0.4 is 10.6 Å². The van der Waals surface area contributed by atoms with Crippen LogP contribution in [0.3, 0.4) is 0 Å². The quantitative estimate of drug-likeness (QED) is 0.0832. The smallest absolute Gasteiger partial charge is 0.408 e. The van der Waals surface area contributed by atoms with Gasteiger partial charge in [0.15, 0.2) is 17.5 Å². The molecule has 1 aliphatic heterocycles. The van der Waals surface area contributed by atoms with E-state index < -0.39 is 93.4 Å². The summed E-state index contributed by atoms with van der Waals surface area (Å²) in [5.74, 6) is -2.20. The fraction of sp³-hybridized carbons (Fsp3) is 0.674. The number of nitrogens with one attached hydrogen (secondary N) is 2. The molecule has 14 heteroatoms. The Morgan fingerprint density at radius 1 is 1.09 bits per heavy atom. The number of Topliss-reactive ketones (excluding diaryl/α,β-unsaturated/α-hetero) is 1. The van der Waals surface area contributed by atoms with Crippen molar-refractivity contribution in [3.05, 3.63) is 59.7 Å². The van der Waals surface area contributed by atoms with Crippen LogP contribution in [0.5, 0.6) is 0 Å². The van der Waals surface area contributed by atoms with Crippen molar-refractivity contribution in [2.45, 2.75) is 141 Å². The van der Waals surface area contributed by atoms with Gasteiger partial charge in [-0.3, -0.25) is 9.59 Å². The van der Waals surface area contributed by atoms with Crippen molar-refractivity contribution in [2.24, 2.45) is 16.2 Å². The van der Waals surface area contributed by atoms with Crippen LogP contribution in [-0.2, 0) is 38.1 Å². The van der Waals surface area contributed by atoms with Gasteiger partial charge in [-0.2, -0.15) is 0 Å². The highest BCUT2D eigenvalue weighted by Gasteiger charge is 2.79. The first-order valence-corrected chi connectivity index (χ1v) is 19.8. The first-order chi connectivity index (χ1) is 26.5. The van der Waals surface area contributed by atoms with E-state index in [0.29, 0.717) is 30.6 Å². The Hall–Kier alpha value is -3.66. The van der Waals surface area contributed by atoms with Crippen LogP contribution in [0.2, 0.25) is 0 Å². The molecule has 1 saturated heterocycles. The van der Waals surface area contributed by atoms with Gasteiger partial charge in [0.2, 0.25) is 0 Å². The number of ether oxygens (including phenoxy) is 5. The Morgan fingerprint density at radius 2 is 1.75 bits per heavy atom. The fourth-order valence-electron chi connectivity index (χ4n) is 9.74. The van der Waals surface area contributed by atoms with E-state index >= 15 is 0 Å². The molecule has 0 spiro atoms. The van der Waals surface area contributed by atoms with Crippen LogP contribution in [0.15, 0.2) is 54.1 Å². The Bertz CT molecular complexity index is 1740. The van der Waals surface area contributed by atoms with Crippen molar-refractivity contribution in [3.63, 3.8) is 0 Å². The standard InChI is InChI=1S/C43H62N2O12/c1-11-12-18-44-19-20-53-34(32(27-16-14-13-15-17-27)45-37(51)57-38(4,5)6)36(50)55-28-22-42(52)23-40(9)41(10,35(49)33(48)31(25(28)2)39(42,7)8)29(47)21-30-43(40,24-54-30)56-26(3)46/h11,13-17,28-30,32-34,44,47-48,52H,1,12,18-24H2,2-10H3,(H,45,51)/t28-,29-,30+,32-,33+,34+,40?,41-,42?,43-/m0/s1. The number of carbonyl (C=O) groups excluding carboxylic acids is 4. The molecule has 3 fully saturated rings. The molecule has 1 aromatic rings. The molecule has 14 nitrogen and oxygen atoms in total. The minimum absolute atomic E-state index is 0.0248. The second-order valence-corrected chi connectivity index (χ2v) is 18.0. The largest absolute Gasteiger partial charge is 0.456 e. The molecule has 0 aromatic heterocycles. The fourth-order valence-corrected chi connectivity index (χ4v) is 9.74. The number of rotatable bonds is 13. The number of esters is 2. The first kappa shape index (κ1) is 44.4. The predicted molar refractivity (Wildman–Crippen MR) is 209 cm³/mol. The van der Waals surface area contributed by atoms with Crippen molar-refractivity contribution < 1.29 is 58.2 Å². The Morgan fingerprint density at radius 3 is 2.33 bits per heavy atom. The number of ketones is 1. The van der Waals surface area contributed by atoms with Gasteiger partial charge in [-0.1, -0.05) is 57.2 Å². The van der Waals surface area contributed by atoms with Crippen molar-refractivity contribution in [1.29, 1.82) is 0 Å². The monoisotopic (exact) mass is 798 g/mol. The van der Waals surface area contributed by atoms with Crippen molar-refractivity contribution >= 4 is 23.8 Å². The van der Waals surface area contributed by atoms with Crippen molar-refractivity contribution in [3.8, 4) is 0 Å². The van der Waals surface area contributed by atoms with Gasteiger partial charge in [-0.05, 0) is 70.7 Å². The molecule has 4 aliphatic rings. The van der Waals surface area contributed by atoms with Crippen LogP contribution in [0, 0.1) is 16.2 Å². The van der Waals surface area contributed by atoms with Gasteiger partial charge < -0.3 is 49.6 Å². The molecule has 316 valence electrons. The third-order valence-corrected chi connectivity index (χ3v) is 13.2. The Kier molecular flexibility index (Phi) is 12.6. The zero-order valence-corrected chi connectivity index (χ0v) is 34.8. The number of aliphatic hydroxyl groups excluding tert-OH is 2. The number of aliphatic hydroxyl groups is 3. The number of benzene rings is 1. The lowest BCUT2D eigenvalue weighted by molar-refractivity contribution is -0.358. The number of fused-ring (bicyclic) bond motifs is 5. The second kappa shape index (κ2) is 16.2. The summed E-state index contributed by atoms with van der Waals surface area (Å²) in [5, 5.41) is 43.0. The lowest BCUT2D eigenvalue weighted by Gasteiger charge is -2.70. The van der Waals surface area contributed by atoms with Gasteiger partial charge in [0.05, 0.1) is 36.4 Å². The molecule has 2 saturated carbocycles. The molecular formula is C43H62N2O12. The van der Waals surface area contributed by atoms with E-state index in [1.54, 1.807) is 91.8 Å². The highest BCUT2D eigenvalue weighted by molar-refractivity contribution is 5.94. The van der Waals surface area contributed by atoms with Crippen molar-refractivity contribution in [2.75, 3.05) is 26.3 Å². The third-order valence-electron chi connectivity index (χ3n) is 13.2. The maximum Gasteiger partial charge on any atom is 0.408 e. The normalized spacial score (nSPS) is 34.2. The van der Waals surface area contributed by atoms with Gasteiger partial charge in [-0.25, -0.2) is 9.59 Å². The summed E-state index contributed by atoms with van der Waals surface area (Å²) in [6, 6.07) is 7.70. The summed E-state index contributed by atoms with van der Waals surface area (Å²) in [7, 11) is 0. The Labute approximate surface area is 335 Å². The molecule has 10 atom stereocenters. The Balaban J connectivity index is 1.57. The molecule has 1 amide bonds. The summed E-state index contributed by atoms with van der Waals surface area (Å²) >= 11 is 0. The zero-order chi connectivity index (χ0) is 42.4. The average molecular weight is 799 g/mol. The lowest BCUT2D eigenvalue weighted by atomic mass is 9.39.